The monoisotopic (exact) mass is 464 g/mol. The highest BCUT2D eigenvalue weighted by Crippen LogP contribution is 2.32. The molecule has 0 aliphatic rings. The number of furan rings is 1. The molecule has 2 aromatic heterocycles. The molecule has 0 spiro atoms. The Bertz CT molecular complexity index is 1020. The molecule has 2 heterocycles. The first-order chi connectivity index (χ1) is 13.8. The summed E-state index contributed by atoms with van der Waals surface area (Å²) in [4.78, 5) is 0. The average molecular weight is 465 g/mol. The van der Waals surface area contributed by atoms with Crippen molar-refractivity contribution in [3.63, 3.8) is 0 Å². The molecule has 0 radical (unpaired) electrons. The maximum atomic E-state index is 13.1. The van der Waals surface area contributed by atoms with E-state index in [0.29, 0.717) is 27.0 Å². The highest BCUT2D eigenvalue weighted by Gasteiger charge is 2.38. The van der Waals surface area contributed by atoms with Crippen LogP contribution in [0.4, 0.5) is 13.2 Å². The van der Waals surface area contributed by atoms with Crippen molar-refractivity contribution in [2.45, 2.75) is 24.9 Å². The van der Waals surface area contributed by atoms with Gasteiger partial charge < -0.3 is 9.15 Å². The Morgan fingerprint density at radius 1 is 1.24 bits per heavy atom. The second kappa shape index (κ2) is 9.10. The van der Waals surface area contributed by atoms with E-state index in [1.165, 1.54) is 0 Å². The second-order valence-electron chi connectivity index (χ2n) is 5.44. The summed E-state index contributed by atoms with van der Waals surface area (Å²) in [5.74, 6) is 0.335. The molecule has 0 saturated heterocycles. The number of aromatic nitrogens is 3. The summed E-state index contributed by atoms with van der Waals surface area (Å²) in [5.41, 5.74) is 0. The van der Waals surface area contributed by atoms with E-state index in [1.54, 1.807) is 37.3 Å². The maximum Gasteiger partial charge on any atom is 0.453 e. The molecular formula is C17H13Cl2F3N4O2S. The van der Waals surface area contributed by atoms with Gasteiger partial charge in [-0.15, -0.1) is 10.2 Å². The molecule has 12 heteroatoms. The van der Waals surface area contributed by atoms with Gasteiger partial charge in [0.05, 0.1) is 11.2 Å². The fourth-order valence-corrected chi connectivity index (χ4v) is 3.12. The lowest BCUT2D eigenvalue weighted by molar-refractivity contribution is -0.147. The first-order valence-corrected chi connectivity index (χ1v) is 9.89. The zero-order valence-corrected chi connectivity index (χ0v) is 17.1. The average Bonchev–Trinajstić information content (AvgIpc) is 3.28. The van der Waals surface area contributed by atoms with Crippen LogP contribution in [0.3, 0.4) is 0 Å². The number of halogens is 5. The van der Waals surface area contributed by atoms with Crippen molar-refractivity contribution in [2.24, 2.45) is 5.10 Å². The van der Waals surface area contributed by atoms with Crippen LogP contribution in [0.1, 0.15) is 24.3 Å². The van der Waals surface area contributed by atoms with Crippen molar-refractivity contribution >= 4 is 41.2 Å². The Hall–Kier alpha value is -2.17. The Balaban J connectivity index is 1.74. The molecule has 0 aliphatic carbocycles. The molecule has 154 valence electrons. The van der Waals surface area contributed by atoms with Gasteiger partial charge in [-0.05, 0) is 30.0 Å². The number of thioether (sulfide) groups is 1. The summed E-state index contributed by atoms with van der Waals surface area (Å²) in [7, 11) is 0. The van der Waals surface area contributed by atoms with Crippen LogP contribution in [0.15, 0.2) is 45.0 Å². The van der Waals surface area contributed by atoms with Crippen LogP contribution in [-0.2, 0) is 12.8 Å². The summed E-state index contributed by atoms with van der Waals surface area (Å²) < 4.78 is 51.0. The quantitative estimate of drug-likeness (QED) is 0.328. The number of alkyl halides is 3. The number of rotatable bonds is 7. The Kier molecular flexibility index (Phi) is 6.76. The number of hydrogen-bond donors (Lipinski definition) is 0. The highest BCUT2D eigenvalue weighted by atomic mass is 35.5. The number of hydrogen-bond acceptors (Lipinski definition) is 6. The van der Waals surface area contributed by atoms with Crippen LogP contribution in [-0.4, -0.2) is 26.8 Å². The summed E-state index contributed by atoms with van der Waals surface area (Å²) in [6.45, 7) is 1.83. The normalized spacial score (nSPS) is 12.1. The lowest BCUT2D eigenvalue weighted by Gasteiger charge is -2.07. The minimum Gasteiger partial charge on any atom is -0.484 e. The van der Waals surface area contributed by atoms with E-state index in [1.807, 2.05) is 0 Å². The van der Waals surface area contributed by atoms with Crippen molar-refractivity contribution in [2.75, 3.05) is 5.75 Å². The fraction of sp³-hybridized carbons (Fsp3) is 0.235. The van der Waals surface area contributed by atoms with Gasteiger partial charge in [0.1, 0.15) is 28.9 Å². The molecule has 3 aromatic rings. The van der Waals surface area contributed by atoms with Crippen LogP contribution in [0, 0.1) is 0 Å². The Labute approximate surface area is 177 Å². The number of nitrogens with zero attached hydrogens (tertiary/aromatic N) is 4. The largest absolute Gasteiger partial charge is 0.484 e. The number of ether oxygens (including phenoxy) is 1. The predicted molar refractivity (Wildman–Crippen MR) is 104 cm³/mol. The van der Waals surface area contributed by atoms with Gasteiger partial charge >= 0.3 is 6.18 Å². The van der Waals surface area contributed by atoms with E-state index in [2.05, 4.69) is 15.3 Å². The molecule has 0 amide bonds. The smallest absolute Gasteiger partial charge is 0.453 e. The maximum absolute atomic E-state index is 13.1. The molecule has 3 rings (SSSR count). The van der Waals surface area contributed by atoms with Gasteiger partial charge in [-0.2, -0.15) is 22.9 Å². The van der Waals surface area contributed by atoms with Gasteiger partial charge in [0.2, 0.25) is 5.16 Å². The van der Waals surface area contributed by atoms with Crippen molar-refractivity contribution < 1.29 is 22.3 Å². The molecule has 0 N–H and O–H groups in total. The standard InChI is InChI=1S/C17H13Cl2F3N4O2S/c1-2-29-16-25-24-15(17(20,21)22)26(16)23-8-10-6-7-11(28-10)9-27-13-5-3-4-12(18)14(13)19/h3-8H,2,9H2,1H3. The third-order valence-corrected chi connectivity index (χ3v) is 5.01. The molecule has 0 bridgehead atoms. The van der Waals surface area contributed by atoms with Crippen molar-refractivity contribution in [3.8, 4) is 5.75 Å². The summed E-state index contributed by atoms with van der Waals surface area (Å²) in [5, 5.41) is 11.2. The van der Waals surface area contributed by atoms with Crippen molar-refractivity contribution in [1.29, 1.82) is 0 Å². The van der Waals surface area contributed by atoms with E-state index in [-0.39, 0.29) is 22.5 Å². The Morgan fingerprint density at radius 2 is 2.03 bits per heavy atom. The van der Waals surface area contributed by atoms with Crippen LogP contribution in [0.2, 0.25) is 10.0 Å². The molecule has 0 unspecified atom stereocenters. The second-order valence-corrected chi connectivity index (χ2v) is 7.45. The van der Waals surface area contributed by atoms with E-state index in [0.717, 1.165) is 18.0 Å². The van der Waals surface area contributed by atoms with Crippen molar-refractivity contribution in [1.82, 2.24) is 14.9 Å². The molecule has 0 atom stereocenters. The summed E-state index contributed by atoms with van der Waals surface area (Å²) >= 11 is 13.1. The van der Waals surface area contributed by atoms with Gasteiger partial charge in [-0.1, -0.05) is 48.0 Å². The van der Waals surface area contributed by atoms with Crippen LogP contribution in [0.25, 0.3) is 0 Å². The highest BCUT2D eigenvalue weighted by molar-refractivity contribution is 7.99. The molecule has 1 aromatic carbocycles. The zero-order valence-electron chi connectivity index (χ0n) is 14.8. The third kappa shape index (κ3) is 5.26. The first-order valence-electron chi connectivity index (χ1n) is 8.15. The van der Waals surface area contributed by atoms with E-state index < -0.39 is 12.0 Å². The zero-order chi connectivity index (χ0) is 21.0. The SMILES string of the molecule is CCSc1nnc(C(F)(F)F)n1N=Cc1ccc(COc2cccc(Cl)c2Cl)o1. The van der Waals surface area contributed by atoms with Crippen LogP contribution < -0.4 is 4.74 Å². The predicted octanol–water partition coefficient (Wildman–Crippen LogP) is 5.77. The van der Waals surface area contributed by atoms with Gasteiger partial charge in [-0.3, -0.25) is 0 Å². The van der Waals surface area contributed by atoms with Gasteiger partial charge in [0, 0.05) is 0 Å². The van der Waals surface area contributed by atoms with Gasteiger partial charge in [-0.25, -0.2) is 0 Å². The Morgan fingerprint density at radius 3 is 2.76 bits per heavy atom. The molecule has 6 nitrogen and oxygen atoms in total. The number of benzene rings is 1. The van der Waals surface area contributed by atoms with Crippen LogP contribution in [0.5, 0.6) is 5.75 Å². The van der Waals surface area contributed by atoms with Gasteiger partial charge in [0.15, 0.2) is 0 Å². The molecule has 0 saturated carbocycles. The van der Waals surface area contributed by atoms with Crippen LogP contribution >= 0.6 is 35.0 Å². The van der Waals surface area contributed by atoms with Gasteiger partial charge in [0.25, 0.3) is 5.82 Å². The molecule has 0 fully saturated rings. The summed E-state index contributed by atoms with van der Waals surface area (Å²) in [6.07, 6.45) is -3.54. The third-order valence-electron chi connectivity index (χ3n) is 3.41. The first kappa shape index (κ1) is 21.5. The van der Waals surface area contributed by atoms with E-state index in [9.17, 15) is 13.2 Å². The lowest BCUT2D eigenvalue weighted by Crippen LogP contribution is -2.13. The fourth-order valence-electron chi connectivity index (χ4n) is 2.17. The minimum absolute atomic E-state index is 0.0294. The van der Waals surface area contributed by atoms with Crippen molar-refractivity contribution in [3.05, 3.63) is 57.7 Å². The van der Waals surface area contributed by atoms with E-state index in [4.69, 9.17) is 32.4 Å². The molecule has 29 heavy (non-hydrogen) atoms. The molecular weight excluding hydrogens is 452 g/mol. The topological polar surface area (TPSA) is 65.4 Å². The molecule has 0 aliphatic heterocycles. The van der Waals surface area contributed by atoms with E-state index >= 15 is 0 Å². The minimum atomic E-state index is -4.69. The lowest BCUT2D eigenvalue weighted by atomic mass is 10.3. The summed E-state index contributed by atoms with van der Waals surface area (Å²) in [6, 6.07) is 8.12.